The smallest absolute Gasteiger partial charge is 0.247 e. The van der Waals surface area contributed by atoms with Crippen molar-refractivity contribution in [3.8, 4) is 5.75 Å². The summed E-state index contributed by atoms with van der Waals surface area (Å²) in [5, 5.41) is 0. The molecule has 1 aromatic rings. The number of amides is 1. The first-order valence-electron chi connectivity index (χ1n) is 6.85. The number of hydrogen-bond donors (Lipinski definition) is 0. The first kappa shape index (κ1) is 17.2. The van der Waals surface area contributed by atoms with Crippen molar-refractivity contribution in [3.63, 3.8) is 0 Å². The van der Waals surface area contributed by atoms with Crippen molar-refractivity contribution in [1.29, 1.82) is 0 Å². The minimum absolute atomic E-state index is 0.0721. The second-order valence-electron chi connectivity index (χ2n) is 5.30. The molecule has 1 aliphatic heterocycles. The van der Waals surface area contributed by atoms with Gasteiger partial charge in [0.05, 0.1) is 7.11 Å². The number of sulfonamides is 1. The number of likely N-dealkylation sites (N-methyl/N-ethyl adjacent to an activating group) is 1. The number of halogens is 1. The molecule has 0 spiro atoms. The molecule has 0 N–H and O–H groups in total. The molecule has 0 unspecified atom stereocenters. The van der Waals surface area contributed by atoms with Crippen molar-refractivity contribution < 1.29 is 17.9 Å². The minimum atomic E-state index is -3.80. The Bertz CT molecular complexity index is 675. The fourth-order valence-corrected chi connectivity index (χ4v) is 4.90. The molecule has 1 amide bonds. The van der Waals surface area contributed by atoms with Crippen molar-refractivity contribution in [2.75, 3.05) is 27.7 Å². The van der Waals surface area contributed by atoms with E-state index in [-0.39, 0.29) is 16.6 Å². The van der Waals surface area contributed by atoms with Crippen molar-refractivity contribution >= 4 is 31.9 Å². The van der Waals surface area contributed by atoms with Crippen LogP contribution in [0.15, 0.2) is 27.6 Å². The lowest BCUT2D eigenvalue weighted by Gasteiger charge is -2.26. The van der Waals surface area contributed by atoms with Gasteiger partial charge >= 0.3 is 0 Å². The van der Waals surface area contributed by atoms with E-state index in [1.54, 1.807) is 26.2 Å². The van der Waals surface area contributed by atoms with E-state index >= 15 is 0 Å². The van der Waals surface area contributed by atoms with Crippen molar-refractivity contribution in [2.45, 2.75) is 23.8 Å². The first-order chi connectivity index (χ1) is 10.3. The van der Waals surface area contributed by atoms with Crippen molar-refractivity contribution in [2.24, 2.45) is 0 Å². The molecule has 6 nitrogen and oxygen atoms in total. The van der Waals surface area contributed by atoms with Gasteiger partial charge < -0.3 is 9.64 Å². The first-order valence-corrected chi connectivity index (χ1v) is 9.09. The predicted molar refractivity (Wildman–Crippen MR) is 86.3 cm³/mol. The third-order valence-corrected chi connectivity index (χ3v) is 6.06. The number of hydrogen-bond acceptors (Lipinski definition) is 4. The maximum atomic E-state index is 13.0. The summed E-state index contributed by atoms with van der Waals surface area (Å²) in [7, 11) is 0.885. The molecule has 0 aromatic heterocycles. The summed E-state index contributed by atoms with van der Waals surface area (Å²) in [6, 6.07) is 4.16. The highest BCUT2D eigenvalue weighted by Crippen LogP contribution is 2.33. The van der Waals surface area contributed by atoms with E-state index in [2.05, 4.69) is 15.9 Å². The number of rotatable bonds is 4. The van der Waals surface area contributed by atoms with Crippen molar-refractivity contribution in [1.82, 2.24) is 9.21 Å². The summed E-state index contributed by atoms with van der Waals surface area (Å²) in [4.78, 5) is 13.7. The molecule has 0 bridgehead atoms. The van der Waals surface area contributed by atoms with E-state index < -0.39 is 16.1 Å². The topological polar surface area (TPSA) is 66.9 Å². The molecule has 1 fully saturated rings. The van der Waals surface area contributed by atoms with Crippen LogP contribution in [0.3, 0.4) is 0 Å². The number of benzene rings is 1. The zero-order valence-electron chi connectivity index (χ0n) is 12.7. The van der Waals surface area contributed by atoms with Crippen LogP contribution < -0.4 is 4.74 Å². The molecule has 1 saturated heterocycles. The number of nitrogens with zero attached hydrogens (tertiary/aromatic N) is 2. The largest absolute Gasteiger partial charge is 0.495 e. The van der Waals surface area contributed by atoms with Gasteiger partial charge in [-0.15, -0.1) is 0 Å². The summed E-state index contributed by atoms with van der Waals surface area (Å²) in [6.07, 6.45) is 1.20. The van der Waals surface area contributed by atoms with Crippen LogP contribution in [-0.4, -0.2) is 57.3 Å². The van der Waals surface area contributed by atoms with Gasteiger partial charge in [0.1, 0.15) is 16.7 Å². The summed E-state index contributed by atoms with van der Waals surface area (Å²) < 4.78 is 33.0. The maximum absolute atomic E-state index is 13.0. The Morgan fingerprint density at radius 2 is 2.09 bits per heavy atom. The van der Waals surface area contributed by atoms with Crippen LogP contribution in [0, 0.1) is 0 Å². The Morgan fingerprint density at radius 3 is 2.68 bits per heavy atom. The van der Waals surface area contributed by atoms with Crippen LogP contribution >= 0.6 is 15.9 Å². The molecule has 122 valence electrons. The molecule has 2 rings (SSSR count). The van der Waals surface area contributed by atoms with Gasteiger partial charge in [-0.05, 0) is 31.0 Å². The van der Waals surface area contributed by atoms with E-state index in [0.717, 1.165) is 0 Å². The maximum Gasteiger partial charge on any atom is 0.247 e. The summed E-state index contributed by atoms with van der Waals surface area (Å²) in [5.41, 5.74) is 0. The van der Waals surface area contributed by atoms with Crippen LogP contribution in [0.1, 0.15) is 12.8 Å². The predicted octanol–water partition coefficient (Wildman–Crippen LogP) is 1.70. The normalized spacial score (nSPS) is 19.2. The SMILES string of the molecule is COc1ccc(Br)cc1S(=O)(=O)N1CCC[C@H]1C(=O)N(C)C. The lowest BCUT2D eigenvalue weighted by molar-refractivity contribution is -0.132. The highest BCUT2D eigenvalue weighted by molar-refractivity contribution is 9.10. The molecule has 0 radical (unpaired) electrons. The third kappa shape index (κ3) is 3.13. The molecular weight excluding hydrogens is 372 g/mol. The fourth-order valence-electron chi connectivity index (χ4n) is 2.55. The van der Waals surface area contributed by atoms with Gasteiger partial charge in [-0.3, -0.25) is 4.79 Å². The Morgan fingerprint density at radius 1 is 1.41 bits per heavy atom. The molecule has 8 heteroatoms. The molecule has 22 heavy (non-hydrogen) atoms. The van der Waals surface area contributed by atoms with Gasteiger partial charge in [0, 0.05) is 25.1 Å². The second kappa shape index (κ2) is 6.55. The molecule has 0 aliphatic carbocycles. The number of ether oxygens (including phenoxy) is 1. The van der Waals surface area contributed by atoms with Crippen LogP contribution in [-0.2, 0) is 14.8 Å². The number of methoxy groups -OCH3 is 1. The van der Waals surface area contributed by atoms with Crippen LogP contribution in [0.5, 0.6) is 5.75 Å². The standard InChI is InChI=1S/C14H19BrN2O4S/c1-16(2)14(18)11-5-4-8-17(11)22(19,20)13-9-10(15)6-7-12(13)21-3/h6-7,9,11H,4-5,8H2,1-3H3/t11-/m0/s1. The van der Waals surface area contributed by atoms with Crippen molar-refractivity contribution in [3.05, 3.63) is 22.7 Å². The van der Waals surface area contributed by atoms with Gasteiger partial charge in [-0.25, -0.2) is 8.42 Å². The van der Waals surface area contributed by atoms with Crippen LogP contribution in [0.25, 0.3) is 0 Å². The highest BCUT2D eigenvalue weighted by atomic mass is 79.9. The van der Waals surface area contributed by atoms with E-state index in [9.17, 15) is 13.2 Å². The third-order valence-electron chi connectivity index (χ3n) is 3.64. The highest BCUT2D eigenvalue weighted by Gasteiger charge is 2.41. The summed E-state index contributed by atoms with van der Waals surface area (Å²) in [5.74, 6) is 0.0705. The number of carbonyl (C=O) groups excluding carboxylic acids is 1. The number of carbonyl (C=O) groups is 1. The Balaban J connectivity index is 2.46. The quantitative estimate of drug-likeness (QED) is 0.784. The Hall–Kier alpha value is -1.12. The lowest BCUT2D eigenvalue weighted by Crippen LogP contribution is -2.45. The van der Waals surface area contributed by atoms with Gasteiger partial charge in [-0.1, -0.05) is 15.9 Å². The van der Waals surface area contributed by atoms with Crippen LogP contribution in [0.4, 0.5) is 0 Å². The van der Waals surface area contributed by atoms with Crippen LogP contribution in [0.2, 0.25) is 0 Å². The summed E-state index contributed by atoms with van der Waals surface area (Å²) in [6.45, 7) is 0.336. The Labute approximate surface area is 139 Å². The lowest BCUT2D eigenvalue weighted by atomic mass is 10.2. The molecule has 1 atom stereocenters. The molecule has 1 heterocycles. The van der Waals surface area contributed by atoms with Gasteiger partial charge in [0.15, 0.2) is 0 Å². The van der Waals surface area contributed by atoms with E-state index in [0.29, 0.717) is 23.9 Å². The van der Waals surface area contributed by atoms with Gasteiger partial charge in [0.2, 0.25) is 15.9 Å². The van der Waals surface area contributed by atoms with Gasteiger partial charge in [0.25, 0.3) is 0 Å². The monoisotopic (exact) mass is 390 g/mol. The zero-order valence-corrected chi connectivity index (χ0v) is 15.1. The summed E-state index contributed by atoms with van der Waals surface area (Å²) >= 11 is 3.28. The second-order valence-corrected chi connectivity index (χ2v) is 8.08. The molecule has 0 saturated carbocycles. The van der Waals surface area contributed by atoms with E-state index in [1.165, 1.54) is 22.4 Å². The fraction of sp³-hybridized carbons (Fsp3) is 0.500. The van der Waals surface area contributed by atoms with Gasteiger partial charge in [-0.2, -0.15) is 4.31 Å². The average Bonchev–Trinajstić information content (AvgIpc) is 2.96. The zero-order chi connectivity index (χ0) is 16.5. The van der Waals surface area contributed by atoms with E-state index in [1.807, 2.05) is 0 Å². The molecule has 1 aromatic carbocycles. The minimum Gasteiger partial charge on any atom is -0.495 e. The Kier molecular flexibility index (Phi) is 5.14. The van der Waals surface area contributed by atoms with E-state index in [4.69, 9.17) is 4.74 Å². The molecular formula is C14H19BrN2O4S. The average molecular weight is 391 g/mol. The molecule has 1 aliphatic rings.